The number of nitrogens with one attached hydrogen (secondary N) is 1. The van der Waals surface area contributed by atoms with Crippen LogP contribution in [0.25, 0.3) is 0 Å². The third-order valence-electron chi connectivity index (χ3n) is 3.42. The van der Waals surface area contributed by atoms with Gasteiger partial charge >= 0.3 is 0 Å². The molecule has 0 bridgehead atoms. The summed E-state index contributed by atoms with van der Waals surface area (Å²) in [5.41, 5.74) is 7.30. The first kappa shape index (κ1) is 15.7. The first-order valence-electron chi connectivity index (χ1n) is 6.75. The molecule has 0 unspecified atom stereocenters. The molecule has 3 N–H and O–H groups in total. The minimum absolute atomic E-state index is 0.113. The summed E-state index contributed by atoms with van der Waals surface area (Å²) in [5.74, 6) is -0.113. The minimum atomic E-state index is -0.775. The zero-order chi connectivity index (χ0) is 14.5. The summed E-state index contributed by atoms with van der Waals surface area (Å²) in [6, 6.07) is 7.88. The quantitative estimate of drug-likeness (QED) is 0.827. The van der Waals surface area contributed by atoms with E-state index in [9.17, 15) is 4.79 Å². The maximum absolute atomic E-state index is 12.1. The summed E-state index contributed by atoms with van der Waals surface area (Å²) in [6.45, 7) is 4.76. The lowest BCUT2D eigenvalue weighted by Gasteiger charge is -2.25. The highest BCUT2D eigenvalue weighted by molar-refractivity contribution is 5.97. The number of nitrogens with zero attached hydrogens (tertiary/aromatic N) is 1. The Morgan fingerprint density at radius 3 is 2.16 bits per heavy atom. The molecule has 0 spiro atoms. The molecular weight excluding hydrogens is 238 g/mol. The van der Waals surface area contributed by atoms with E-state index in [0.29, 0.717) is 12.8 Å². The minimum Gasteiger partial charge on any atom is -0.324 e. The molecule has 1 amide bonds. The number of anilines is 1. The Kier molecular flexibility index (Phi) is 5.51. The van der Waals surface area contributed by atoms with Gasteiger partial charge in [-0.25, -0.2) is 0 Å². The predicted octanol–water partition coefficient (Wildman–Crippen LogP) is 2.20. The van der Waals surface area contributed by atoms with Crippen LogP contribution < -0.4 is 11.1 Å². The Morgan fingerprint density at radius 2 is 1.74 bits per heavy atom. The van der Waals surface area contributed by atoms with Crippen LogP contribution in [0.5, 0.6) is 0 Å². The molecule has 0 fully saturated rings. The van der Waals surface area contributed by atoms with Crippen LogP contribution in [0.3, 0.4) is 0 Å². The van der Waals surface area contributed by atoms with Crippen molar-refractivity contribution in [2.45, 2.75) is 38.8 Å². The summed E-state index contributed by atoms with van der Waals surface area (Å²) >= 11 is 0. The molecule has 0 aromatic heterocycles. The van der Waals surface area contributed by atoms with E-state index < -0.39 is 5.54 Å². The molecule has 1 aromatic rings. The van der Waals surface area contributed by atoms with Crippen molar-refractivity contribution in [2.75, 3.05) is 19.4 Å². The largest absolute Gasteiger partial charge is 0.324 e. The first-order valence-corrected chi connectivity index (χ1v) is 6.75. The zero-order valence-corrected chi connectivity index (χ0v) is 12.4. The van der Waals surface area contributed by atoms with Gasteiger partial charge in [0.05, 0.1) is 5.54 Å². The van der Waals surface area contributed by atoms with Crippen LogP contribution in [0.15, 0.2) is 24.3 Å². The first-order chi connectivity index (χ1) is 8.91. The summed E-state index contributed by atoms with van der Waals surface area (Å²) < 4.78 is 0. The Labute approximate surface area is 116 Å². The molecule has 0 aliphatic carbocycles. The van der Waals surface area contributed by atoms with Crippen molar-refractivity contribution in [3.8, 4) is 0 Å². The third kappa shape index (κ3) is 4.33. The molecule has 0 atom stereocenters. The topological polar surface area (TPSA) is 58.4 Å². The van der Waals surface area contributed by atoms with Crippen LogP contribution in [0.2, 0.25) is 0 Å². The highest BCUT2D eigenvalue weighted by Gasteiger charge is 2.29. The van der Waals surface area contributed by atoms with Crippen molar-refractivity contribution < 1.29 is 4.79 Å². The predicted molar refractivity (Wildman–Crippen MR) is 80.0 cm³/mol. The van der Waals surface area contributed by atoms with Gasteiger partial charge in [0, 0.05) is 12.2 Å². The Hall–Kier alpha value is -1.39. The van der Waals surface area contributed by atoms with Gasteiger partial charge in [-0.2, -0.15) is 0 Å². The van der Waals surface area contributed by atoms with E-state index in [1.54, 1.807) is 0 Å². The number of nitrogens with two attached hydrogens (primary N) is 1. The molecule has 106 valence electrons. The van der Waals surface area contributed by atoms with Crippen molar-refractivity contribution in [1.29, 1.82) is 0 Å². The third-order valence-corrected chi connectivity index (χ3v) is 3.42. The normalized spacial score (nSPS) is 11.7. The summed E-state index contributed by atoms with van der Waals surface area (Å²) in [6.07, 6.45) is 1.27. The van der Waals surface area contributed by atoms with Gasteiger partial charge in [0.25, 0.3) is 0 Å². The Morgan fingerprint density at radius 1 is 1.21 bits per heavy atom. The second-order valence-corrected chi connectivity index (χ2v) is 5.25. The summed E-state index contributed by atoms with van der Waals surface area (Å²) in [5, 5.41) is 2.89. The van der Waals surface area contributed by atoms with Gasteiger partial charge in [-0.1, -0.05) is 26.0 Å². The fraction of sp³-hybridized carbons (Fsp3) is 0.533. The number of hydrogen-bond donors (Lipinski definition) is 2. The average molecular weight is 263 g/mol. The molecule has 0 radical (unpaired) electrons. The Balaban J connectivity index is 2.70. The number of benzene rings is 1. The molecule has 19 heavy (non-hydrogen) atoms. The smallest absolute Gasteiger partial charge is 0.244 e. The highest BCUT2D eigenvalue weighted by atomic mass is 16.2. The maximum atomic E-state index is 12.1. The van der Waals surface area contributed by atoms with Crippen molar-refractivity contribution in [3.05, 3.63) is 29.8 Å². The summed E-state index contributed by atoms with van der Waals surface area (Å²) in [7, 11) is 4.06. The molecular formula is C15H25N3O. The molecule has 4 nitrogen and oxygen atoms in total. The summed E-state index contributed by atoms with van der Waals surface area (Å²) in [4.78, 5) is 14.2. The van der Waals surface area contributed by atoms with E-state index in [1.807, 2.05) is 52.2 Å². The number of amides is 1. The average Bonchev–Trinajstić information content (AvgIpc) is 2.39. The van der Waals surface area contributed by atoms with Gasteiger partial charge in [-0.05, 0) is 44.6 Å². The number of carbonyl (C=O) groups is 1. The molecule has 4 heteroatoms. The molecule has 0 aliphatic rings. The fourth-order valence-corrected chi connectivity index (χ4v) is 1.89. The van der Waals surface area contributed by atoms with Gasteiger partial charge < -0.3 is 16.0 Å². The maximum Gasteiger partial charge on any atom is 0.244 e. The van der Waals surface area contributed by atoms with Gasteiger partial charge in [0.1, 0.15) is 0 Å². The van der Waals surface area contributed by atoms with Crippen LogP contribution in [0, 0.1) is 0 Å². The van der Waals surface area contributed by atoms with E-state index >= 15 is 0 Å². The molecule has 0 saturated carbocycles. The molecule has 0 saturated heterocycles. The second-order valence-electron chi connectivity index (χ2n) is 5.25. The molecule has 1 rings (SSSR count). The van der Waals surface area contributed by atoms with E-state index in [0.717, 1.165) is 12.2 Å². The standard InChI is InChI=1S/C15H25N3O/c1-5-15(16,6-2)14(19)17-13-9-7-12(8-10-13)11-18(3)4/h7-10H,5-6,11,16H2,1-4H3,(H,17,19). The van der Waals surface area contributed by atoms with Crippen LogP contribution in [-0.4, -0.2) is 30.4 Å². The van der Waals surface area contributed by atoms with E-state index in [1.165, 1.54) is 5.56 Å². The Bertz CT molecular complexity index is 408. The van der Waals surface area contributed by atoms with Crippen LogP contribution >= 0.6 is 0 Å². The number of hydrogen-bond acceptors (Lipinski definition) is 3. The molecule has 0 aliphatic heterocycles. The SMILES string of the molecule is CCC(N)(CC)C(=O)Nc1ccc(CN(C)C)cc1. The van der Waals surface area contributed by atoms with Crippen LogP contribution in [0.4, 0.5) is 5.69 Å². The highest BCUT2D eigenvalue weighted by Crippen LogP contribution is 2.16. The molecule has 1 aromatic carbocycles. The van der Waals surface area contributed by atoms with Gasteiger partial charge in [-0.3, -0.25) is 4.79 Å². The number of carbonyl (C=O) groups excluding carboxylic acids is 1. The lowest BCUT2D eigenvalue weighted by molar-refractivity contribution is -0.121. The van der Waals surface area contributed by atoms with Gasteiger partial charge in [0.2, 0.25) is 5.91 Å². The van der Waals surface area contributed by atoms with Gasteiger partial charge in [-0.15, -0.1) is 0 Å². The monoisotopic (exact) mass is 263 g/mol. The van der Waals surface area contributed by atoms with Gasteiger partial charge in [0.15, 0.2) is 0 Å². The zero-order valence-electron chi connectivity index (χ0n) is 12.4. The van der Waals surface area contributed by atoms with Crippen LogP contribution in [-0.2, 0) is 11.3 Å². The fourth-order valence-electron chi connectivity index (χ4n) is 1.89. The van der Waals surface area contributed by atoms with E-state index in [2.05, 4.69) is 10.2 Å². The lowest BCUT2D eigenvalue weighted by Crippen LogP contribution is -2.50. The van der Waals surface area contributed by atoms with E-state index in [4.69, 9.17) is 5.73 Å². The van der Waals surface area contributed by atoms with Crippen molar-refractivity contribution in [3.63, 3.8) is 0 Å². The van der Waals surface area contributed by atoms with Crippen molar-refractivity contribution in [1.82, 2.24) is 4.90 Å². The van der Waals surface area contributed by atoms with E-state index in [-0.39, 0.29) is 5.91 Å². The lowest BCUT2D eigenvalue weighted by atomic mass is 9.93. The second kappa shape index (κ2) is 6.68. The van der Waals surface area contributed by atoms with Crippen molar-refractivity contribution >= 4 is 11.6 Å². The molecule has 0 heterocycles. The number of rotatable bonds is 6. The van der Waals surface area contributed by atoms with Crippen molar-refractivity contribution in [2.24, 2.45) is 5.73 Å². The van der Waals surface area contributed by atoms with Crippen LogP contribution in [0.1, 0.15) is 32.3 Å².